The lowest BCUT2D eigenvalue weighted by Crippen LogP contribution is -1.79. The van der Waals surface area contributed by atoms with Crippen LogP contribution in [0.2, 0.25) is 5.02 Å². The Hall–Kier alpha value is -2.00. The van der Waals surface area contributed by atoms with E-state index in [0.717, 1.165) is 28.7 Å². The van der Waals surface area contributed by atoms with Crippen LogP contribution in [0, 0.1) is 6.92 Å². The minimum atomic E-state index is 0.300. The quantitative estimate of drug-likeness (QED) is 0.635. The number of halogens is 1. The van der Waals surface area contributed by atoms with E-state index in [1.807, 2.05) is 19.9 Å². The van der Waals surface area contributed by atoms with E-state index in [9.17, 15) is 4.79 Å². The topological polar surface area (TPSA) is 43.4 Å². The number of benzene rings is 1. The number of carbonyl (C=O) groups excluding carboxylic acids is 1. The molecule has 0 amide bonds. The van der Waals surface area contributed by atoms with Gasteiger partial charge in [-0.3, -0.25) is 4.79 Å². The number of fused-ring (bicyclic) bond motifs is 1. The van der Waals surface area contributed by atoms with Gasteiger partial charge in [-0.25, -0.2) is 0 Å². The number of carbonyl (C=O) groups is 1. The molecule has 3 nitrogen and oxygen atoms in total. The van der Waals surface area contributed by atoms with Gasteiger partial charge in [0, 0.05) is 17.4 Å². The van der Waals surface area contributed by atoms with Crippen LogP contribution in [-0.2, 0) is 6.42 Å². The molecule has 0 unspecified atom stereocenters. The molecule has 1 aromatic carbocycles. The smallest absolute Gasteiger partial charge is 0.185 e. The molecule has 0 aliphatic rings. The fourth-order valence-corrected chi connectivity index (χ4v) is 2.63. The third-order valence-electron chi connectivity index (χ3n) is 3.44. The molecule has 102 valence electrons. The highest BCUT2D eigenvalue weighted by Crippen LogP contribution is 2.36. The molecule has 0 fully saturated rings. The maximum Gasteiger partial charge on any atom is 0.185 e. The van der Waals surface area contributed by atoms with Crippen molar-refractivity contribution in [2.24, 2.45) is 0 Å². The summed E-state index contributed by atoms with van der Waals surface area (Å²) in [4.78, 5) is 10.7. The van der Waals surface area contributed by atoms with Gasteiger partial charge in [0.05, 0.1) is 5.02 Å². The highest BCUT2D eigenvalue weighted by atomic mass is 35.5. The van der Waals surface area contributed by atoms with E-state index in [1.54, 1.807) is 18.2 Å². The number of aryl methyl sites for hydroxylation is 2. The van der Waals surface area contributed by atoms with Gasteiger partial charge < -0.3 is 8.83 Å². The lowest BCUT2D eigenvalue weighted by atomic mass is 10.1. The minimum absolute atomic E-state index is 0.300. The summed E-state index contributed by atoms with van der Waals surface area (Å²) in [6, 6.07) is 7.17. The molecule has 0 saturated heterocycles. The van der Waals surface area contributed by atoms with Crippen LogP contribution >= 0.6 is 11.6 Å². The molecule has 2 heterocycles. The number of aldehydes is 1. The Morgan fingerprint density at radius 3 is 2.70 bits per heavy atom. The minimum Gasteiger partial charge on any atom is -0.459 e. The molecular weight excluding hydrogens is 276 g/mol. The predicted molar refractivity (Wildman–Crippen MR) is 78.4 cm³/mol. The van der Waals surface area contributed by atoms with Crippen molar-refractivity contribution in [1.82, 2.24) is 0 Å². The number of hydrogen-bond acceptors (Lipinski definition) is 3. The summed E-state index contributed by atoms with van der Waals surface area (Å²) in [7, 11) is 0. The third-order valence-corrected chi connectivity index (χ3v) is 3.72. The van der Waals surface area contributed by atoms with Crippen LogP contribution in [0.15, 0.2) is 33.1 Å². The van der Waals surface area contributed by atoms with E-state index in [4.69, 9.17) is 20.4 Å². The van der Waals surface area contributed by atoms with Gasteiger partial charge >= 0.3 is 0 Å². The molecule has 4 heteroatoms. The van der Waals surface area contributed by atoms with Crippen molar-refractivity contribution < 1.29 is 13.6 Å². The Balaban J connectivity index is 2.22. The second-order valence-corrected chi connectivity index (χ2v) is 5.07. The monoisotopic (exact) mass is 288 g/mol. The Kier molecular flexibility index (Phi) is 3.14. The first-order valence-corrected chi connectivity index (χ1v) is 6.78. The average Bonchev–Trinajstić information content (AvgIpc) is 3.04. The van der Waals surface area contributed by atoms with E-state index in [1.165, 1.54) is 0 Å². The molecule has 3 rings (SSSR count). The van der Waals surface area contributed by atoms with Crippen molar-refractivity contribution in [1.29, 1.82) is 0 Å². The fourth-order valence-electron chi connectivity index (χ4n) is 2.38. The molecular formula is C16H13ClO3. The van der Waals surface area contributed by atoms with Gasteiger partial charge in [0.2, 0.25) is 0 Å². The van der Waals surface area contributed by atoms with Crippen LogP contribution in [0.3, 0.4) is 0 Å². The largest absolute Gasteiger partial charge is 0.459 e. The van der Waals surface area contributed by atoms with Gasteiger partial charge in [0.25, 0.3) is 0 Å². The van der Waals surface area contributed by atoms with Crippen LogP contribution < -0.4 is 0 Å². The second-order valence-electron chi connectivity index (χ2n) is 4.66. The maximum atomic E-state index is 10.7. The second kappa shape index (κ2) is 4.84. The lowest BCUT2D eigenvalue weighted by Gasteiger charge is -2.00. The standard InChI is InChI=1S/C16H13ClO3/c1-3-14-9(2)12-6-10(7-13(17)16(12)20-14)15-5-4-11(8-18)19-15/h4-8H,3H2,1-2H3. The highest BCUT2D eigenvalue weighted by molar-refractivity contribution is 6.35. The summed E-state index contributed by atoms with van der Waals surface area (Å²) < 4.78 is 11.2. The summed E-state index contributed by atoms with van der Waals surface area (Å²) >= 11 is 6.29. The first kappa shape index (κ1) is 13.0. The summed E-state index contributed by atoms with van der Waals surface area (Å²) in [5.74, 6) is 1.86. The Labute approximate surface area is 121 Å². The van der Waals surface area contributed by atoms with Crippen LogP contribution in [0.1, 0.15) is 28.8 Å². The normalized spacial score (nSPS) is 11.2. The zero-order chi connectivity index (χ0) is 14.3. The van der Waals surface area contributed by atoms with Crippen LogP contribution in [0.25, 0.3) is 22.3 Å². The maximum absolute atomic E-state index is 10.7. The van der Waals surface area contributed by atoms with Gasteiger partial charge in [0.1, 0.15) is 11.5 Å². The third kappa shape index (κ3) is 1.95. The first-order valence-electron chi connectivity index (χ1n) is 6.41. The van der Waals surface area contributed by atoms with Gasteiger partial charge in [0.15, 0.2) is 17.6 Å². The number of rotatable bonds is 3. The number of furan rings is 2. The molecule has 0 saturated carbocycles. The molecule has 0 atom stereocenters. The molecule has 3 aromatic rings. The average molecular weight is 289 g/mol. The van der Waals surface area contributed by atoms with Crippen molar-refractivity contribution in [3.8, 4) is 11.3 Å². The van der Waals surface area contributed by atoms with E-state index in [2.05, 4.69) is 0 Å². The Morgan fingerprint density at radius 1 is 1.25 bits per heavy atom. The van der Waals surface area contributed by atoms with E-state index >= 15 is 0 Å². The van der Waals surface area contributed by atoms with Gasteiger partial charge in [-0.2, -0.15) is 0 Å². The van der Waals surface area contributed by atoms with Gasteiger partial charge in [-0.05, 0) is 36.8 Å². The summed E-state index contributed by atoms with van der Waals surface area (Å²) in [6.07, 6.45) is 1.50. The van der Waals surface area contributed by atoms with Crippen molar-refractivity contribution in [2.45, 2.75) is 20.3 Å². The molecule has 0 radical (unpaired) electrons. The van der Waals surface area contributed by atoms with E-state index in [-0.39, 0.29) is 0 Å². The molecule has 0 spiro atoms. The zero-order valence-electron chi connectivity index (χ0n) is 11.2. The van der Waals surface area contributed by atoms with E-state index in [0.29, 0.717) is 28.4 Å². The van der Waals surface area contributed by atoms with Crippen molar-refractivity contribution in [3.05, 3.63) is 46.4 Å². The highest BCUT2D eigenvalue weighted by Gasteiger charge is 2.15. The fraction of sp³-hybridized carbons (Fsp3) is 0.188. The summed E-state index contributed by atoms with van der Waals surface area (Å²) in [6.45, 7) is 4.06. The molecule has 0 aliphatic heterocycles. The van der Waals surface area contributed by atoms with Crippen LogP contribution in [0.5, 0.6) is 0 Å². The Bertz CT molecular complexity index is 796. The molecule has 2 aromatic heterocycles. The van der Waals surface area contributed by atoms with Crippen LogP contribution in [0.4, 0.5) is 0 Å². The molecule has 0 N–H and O–H groups in total. The zero-order valence-corrected chi connectivity index (χ0v) is 12.0. The SMILES string of the molecule is CCc1oc2c(Cl)cc(-c3ccc(C=O)o3)cc2c1C. The van der Waals surface area contributed by atoms with Crippen LogP contribution in [-0.4, -0.2) is 6.29 Å². The first-order chi connectivity index (χ1) is 9.63. The molecule has 0 aliphatic carbocycles. The summed E-state index contributed by atoms with van der Waals surface area (Å²) in [5.41, 5.74) is 2.63. The van der Waals surface area contributed by atoms with Gasteiger partial charge in [-0.1, -0.05) is 18.5 Å². The predicted octanol–water partition coefficient (Wildman–Crippen LogP) is 5.03. The van der Waals surface area contributed by atoms with Crippen molar-refractivity contribution in [2.75, 3.05) is 0 Å². The number of hydrogen-bond donors (Lipinski definition) is 0. The van der Waals surface area contributed by atoms with E-state index < -0.39 is 0 Å². The molecule has 20 heavy (non-hydrogen) atoms. The molecule has 0 bridgehead atoms. The lowest BCUT2D eigenvalue weighted by molar-refractivity contribution is 0.110. The summed E-state index contributed by atoms with van der Waals surface area (Å²) in [5, 5.41) is 1.53. The van der Waals surface area contributed by atoms with Crippen molar-refractivity contribution in [3.63, 3.8) is 0 Å². The van der Waals surface area contributed by atoms with Gasteiger partial charge in [-0.15, -0.1) is 0 Å². The van der Waals surface area contributed by atoms with Crippen molar-refractivity contribution >= 4 is 28.9 Å². The Morgan fingerprint density at radius 2 is 2.05 bits per heavy atom.